The first-order valence-corrected chi connectivity index (χ1v) is 3.81. The first-order chi connectivity index (χ1) is 5.69. The molecule has 1 heterocycles. The molecule has 0 bridgehead atoms. The van der Waals surface area contributed by atoms with E-state index in [1.807, 2.05) is 0 Å². The Kier molecular flexibility index (Phi) is 2.65. The molecule has 0 saturated heterocycles. The van der Waals surface area contributed by atoms with Gasteiger partial charge in [0.25, 0.3) is 0 Å². The third kappa shape index (κ3) is 1.55. The lowest BCUT2D eigenvalue weighted by atomic mass is 10.3. The number of halogens is 1. The van der Waals surface area contributed by atoms with Crippen molar-refractivity contribution in [3.8, 4) is 0 Å². The molecule has 0 aliphatic carbocycles. The van der Waals surface area contributed by atoms with Gasteiger partial charge in [-0.2, -0.15) is 0 Å². The van der Waals surface area contributed by atoms with E-state index >= 15 is 0 Å². The molecule has 1 aromatic heterocycles. The number of hydrogen-bond donors (Lipinski definition) is 0. The third-order valence-electron chi connectivity index (χ3n) is 1.23. The molecule has 0 fully saturated rings. The molecule has 0 N–H and O–H groups in total. The fourth-order valence-corrected chi connectivity index (χ4v) is 1.05. The Morgan fingerprint density at radius 2 is 2.42 bits per heavy atom. The Morgan fingerprint density at radius 1 is 1.75 bits per heavy atom. The summed E-state index contributed by atoms with van der Waals surface area (Å²) in [5, 5.41) is 0. The average molecular weight is 233 g/mol. The van der Waals surface area contributed by atoms with Gasteiger partial charge in [0.05, 0.1) is 12.7 Å². The van der Waals surface area contributed by atoms with Crippen LogP contribution in [-0.4, -0.2) is 19.4 Å². The number of methoxy groups -OCH3 is 1. The van der Waals surface area contributed by atoms with E-state index < -0.39 is 5.97 Å². The van der Waals surface area contributed by atoms with E-state index in [1.54, 1.807) is 0 Å². The summed E-state index contributed by atoms with van der Waals surface area (Å²) in [7, 11) is 1.24. The normalized spacial score (nSPS) is 9.50. The van der Waals surface area contributed by atoms with Crippen LogP contribution in [0.15, 0.2) is 15.2 Å². The first kappa shape index (κ1) is 8.99. The molecule has 0 aliphatic rings. The molecule has 12 heavy (non-hydrogen) atoms. The number of furan rings is 1. The van der Waals surface area contributed by atoms with Crippen LogP contribution in [0, 0.1) is 0 Å². The van der Waals surface area contributed by atoms with Gasteiger partial charge in [-0.15, -0.1) is 0 Å². The fourth-order valence-electron chi connectivity index (χ4n) is 0.664. The molecule has 0 aromatic carbocycles. The molecule has 0 radical (unpaired) electrons. The highest BCUT2D eigenvalue weighted by atomic mass is 79.9. The van der Waals surface area contributed by atoms with Crippen LogP contribution < -0.4 is 0 Å². The van der Waals surface area contributed by atoms with Crippen molar-refractivity contribution >= 4 is 28.2 Å². The second kappa shape index (κ2) is 3.53. The van der Waals surface area contributed by atoms with Crippen LogP contribution in [0.4, 0.5) is 0 Å². The second-order valence-electron chi connectivity index (χ2n) is 1.95. The number of esters is 1. The quantitative estimate of drug-likeness (QED) is 0.575. The van der Waals surface area contributed by atoms with Crippen LogP contribution in [0.3, 0.4) is 0 Å². The first-order valence-electron chi connectivity index (χ1n) is 3.02. The number of aldehydes is 1. The highest BCUT2D eigenvalue weighted by Crippen LogP contribution is 2.20. The van der Waals surface area contributed by atoms with Gasteiger partial charge in [-0.3, -0.25) is 4.79 Å². The topological polar surface area (TPSA) is 56.5 Å². The second-order valence-corrected chi connectivity index (χ2v) is 2.67. The lowest BCUT2D eigenvalue weighted by molar-refractivity contribution is 0.0563. The number of ether oxygens (including phenoxy) is 1. The van der Waals surface area contributed by atoms with E-state index in [4.69, 9.17) is 4.42 Å². The van der Waals surface area contributed by atoms with Crippen molar-refractivity contribution in [2.24, 2.45) is 0 Å². The number of hydrogen-bond acceptors (Lipinski definition) is 4. The lowest BCUT2D eigenvalue weighted by Gasteiger charge is -1.90. The molecule has 0 atom stereocenters. The van der Waals surface area contributed by atoms with Crippen molar-refractivity contribution in [3.05, 3.63) is 22.1 Å². The number of carbonyl (C=O) groups is 2. The SMILES string of the molecule is COC(=O)c1cc(C=O)c(Br)o1. The maximum Gasteiger partial charge on any atom is 0.374 e. The summed E-state index contributed by atoms with van der Waals surface area (Å²) in [5.41, 5.74) is 0.287. The van der Waals surface area contributed by atoms with E-state index in [1.165, 1.54) is 13.2 Å². The van der Waals surface area contributed by atoms with Crippen molar-refractivity contribution in [2.75, 3.05) is 7.11 Å². The summed E-state index contributed by atoms with van der Waals surface area (Å²) in [6.45, 7) is 0. The van der Waals surface area contributed by atoms with Gasteiger partial charge in [-0.1, -0.05) is 0 Å². The van der Waals surface area contributed by atoms with Gasteiger partial charge in [0.1, 0.15) is 0 Å². The van der Waals surface area contributed by atoms with Crippen molar-refractivity contribution in [3.63, 3.8) is 0 Å². The average Bonchev–Trinajstić information content (AvgIpc) is 2.45. The number of carbonyl (C=O) groups excluding carboxylic acids is 2. The predicted octanol–water partition coefficient (Wildman–Crippen LogP) is 1.64. The Morgan fingerprint density at radius 3 is 2.83 bits per heavy atom. The molecule has 0 amide bonds. The predicted molar refractivity (Wildman–Crippen MR) is 43.1 cm³/mol. The Balaban J connectivity index is 3.04. The monoisotopic (exact) mass is 232 g/mol. The standard InChI is InChI=1S/C7H5BrO4/c1-11-7(10)5-2-4(3-9)6(8)12-5/h2-3H,1H3. The minimum absolute atomic E-state index is 0.00600. The van der Waals surface area contributed by atoms with Crippen LogP contribution in [0.25, 0.3) is 0 Å². The molecule has 0 aliphatic heterocycles. The van der Waals surface area contributed by atoms with E-state index in [9.17, 15) is 9.59 Å². The van der Waals surface area contributed by atoms with Gasteiger partial charge in [0, 0.05) is 6.07 Å². The minimum Gasteiger partial charge on any atom is -0.463 e. The minimum atomic E-state index is -0.608. The molecule has 0 saturated carbocycles. The Hall–Kier alpha value is -1.10. The lowest BCUT2D eigenvalue weighted by Crippen LogP contribution is -1.98. The van der Waals surface area contributed by atoms with E-state index in [2.05, 4.69) is 20.7 Å². The zero-order chi connectivity index (χ0) is 9.14. The molecule has 1 aromatic rings. The molecule has 1 rings (SSSR count). The van der Waals surface area contributed by atoms with Crippen molar-refractivity contribution in [1.82, 2.24) is 0 Å². The highest BCUT2D eigenvalue weighted by Gasteiger charge is 2.14. The summed E-state index contributed by atoms with van der Waals surface area (Å²) in [5.74, 6) is -0.602. The van der Waals surface area contributed by atoms with Gasteiger partial charge in [0.2, 0.25) is 5.76 Å². The van der Waals surface area contributed by atoms with Crippen molar-refractivity contribution in [2.45, 2.75) is 0 Å². The smallest absolute Gasteiger partial charge is 0.374 e. The van der Waals surface area contributed by atoms with Gasteiger partial charge in [-0.05, 0) is 15.9 Å². The van der Waals surface area contributed by atoms with Gasteiger partial charge < -0.3 is 9.15 Å². The summed E-state index contributed by atoms with van der Waals surface area (Å²) in [6.07, 6.45) is 0.583. The Bertz CT molecular complexity index is 315. The molecule has 64 valence electrons. The summed E-state index contributed by atoms with van der Waals surface area (Å²) in [6, 6.07) is 1.31. The molecular weight excluding hydrogens is 228 g/mol. The van der Waals surface area contributed by atoms with Crippen LogP contribution in [0.1, 0.15) is 20.9 Å². The molecule has 4 nitrogen and oxygen atoms in total. The molecular formula is C7H5BrO4. The zero-order valence-corrected chi connectivity index (χ0v) is 7.75. The van der Waals surface area contributed by atoms with Crippen LogP contribution >= 0.6 is 15.9 Å². The molecule has 0 spiro atoms. The summed E-state index contributed by atoms with van der Waals surface area (Å²) < 4.78 is 9.48. The fraction of sp³-hybridized carbons (Fsp3) is 0.143. The van der Waals surface area contributed by atoms with E-state index in [-0.39, 0.29) is 16.0 Å². The summed E-state index contributed by atoms with van der Waals surface area (Å²) >= 11 is 2.97. The van der Waals surface area contributed by atoms with E-state index in [0.29, 0.717) is 6.29 Å². The van der Waals surface area contributed by atoms with Gasteiger partial charge in [-0.25, -0.2) is 4.79 Å². The largest absolute Gasteiger partial charge is 0.463 e. The van der Waals surface area contributed by atoms with Crippen LogP contribution in [0.5, 0.6) is 0 Å². The van der Waals surface area contributed by atoms with Crippen LogP contribution in [-0.2, 0) is 4.74 Å². The maximum atomic E-state index is 10.8. The number of rotatable bonds is 2. The van der Waals surface area contributed by atoms with E-state index in [0.717, 1.165) is 0 Å². The zero-order valence-electron chi connectivity index (χ0n) is 6.17. The molecule has 5 heteroatoms. The van der Waals surface area contributed by atoms with Gasteiger partial charge >= 0.3 is 5.97 Å². The van der Waals surface area contributed by atoms with Gasteiger partial charge in [0.15, 0.2) is 11.0 Å². The van der Waals surface area contributed by atoms with Crippen LogP contribution in [0.2, 0.25) is 0 Å². The summed E-state index contributed by atoms with van der Waals surface area (Å²) in [4.78, 5) is 21.2. The van der Waals surface area contributed by atoms with Crippen molar-refractivity contribution in [1.29, 1.82) is 0 Å². The van der Waals surface area contributed by atoms with Crippen molar-refractivity contribution < 1.29 is 18.7 Å². The Labute approximate surface area is 76.6 Å². The highest BCUT2D eigenvalue weighted by molar-refractivity contribution is 9.10. The maximum absolute atomic E-state index is 10.8. The molecule has 0 unspecified atom stereocenters. The third-order valence-corrected chi connectivity index (χ3v) is 1.85.